The van der Waals surface area contributed by atoms with Crippen molar-refractivity contribution < 1.29 is 4.79 Å². The van der Waals surface area contributed by atoms with Gasteiger partial charge in [-0.1, -0.05) is 6.42 Å². The van der Waals surface area contributed by atoms with Crippen LogP contribution in [0, 0.1) is 0 Å². The van der Waals surface area contributed by atoms with Crippen LogP contribution in [0.3, 0.4) is 0 Å². The highest BCUT2D eigenvalue weighted by Crippen LogP contribution is 2.10. The molecule has 2 saturated heterocycles. The van der Waals surface area contributed by atoms with Crippen molar-refractivity contribution in [3.63, 3.8) is 0 Å². The largest absolute Gasteiger partial charge is 0.354 e. The van der Waals surface area contributed by atoms with Gasteiger partial charge < -0.3 is 10.6 Å². The highest BCUT2D eigenvalue weighted by Gasteiger charge is 2.18. The Kier molecular flexibility index (Phi) is 8.96. The summed E-state index contributed by atoms with van der Waals surface area (Å²) in [6.07, 6.45) is 5.17. The molecule has 0 bridgehead atoms. The van der Waals surface area contributed by atoms with Crippen molar-refractivity contribution in [2.75, 3.05) is 32.7 Å². The van der Waals surface area contributed by atoms with E-state index >= 15 is 0 Å². The highest BCUT2D eigenvalue weighted by molar-refractivity contribution is 5.85. The van der Waals surface area contributed by atoms with Crippen LogP contribution in [-0.4, -0.2) is 49.6 Å². The maximum atomic E-state index is 11.2. The molecule has 0 radical (unpaired) electrons. The average molecular weight is 284 g/mol. The quantitative estimate of drug-likeness (QED) is 0.805. The fourth-order valence-electron chi connectivity index (χ4n) is 2.39. The van der Waals surface area contributed by atoms with Gasteiger partial charge >= 0.3 is 0 Å². The fraction of sp³-hybridized carbons (Fsp3) is 0.909. The van der Waals surface area contributed by atoms with Crippen LogP contribution in [0.25, 0.3) is 0 Å². The van der Waals surface area contributed by atoms with Crippen LogP contribution in [0.15, 0.2) is 0 Å². The molecule has 0 aromatic rings. The Hall–Kier alpha value is -0.0300. The number of hydrogen-bond acceptors (Lipinski definition) is 3. The second-order valence-electron chi connectivity index (χ2n) is 4.56. The monoisotopic (exact) mass is 283 g/mol. The normalized spacial score (nSPS) is 25.4. The van der Waals surface area contributed by atoms with Crippen molar-refractivity contribution >= 4 is 30.7 Å². The average Bonchev–Trinajstić information content (AvgIpc) is 2.28. The number of hydrogen-bond donors (Lipinski definition) is 2. The first-order valence-corrected chi connectivity index (χ1v) is 6.07. The number of piperazine rings is 1. The number of piperidine rings is 1. The van der Waals surface area contributed by atoms with Crippen LogP contribution in [0.5, 0.6) is 0 Å². The molecule has 4 nitrogen and oxygen atoms in total. The minimum Gasteiger partial charge on any atom is -0.354 e. The zero-order valence-electron chi connectivity index (χ0n) is 10.1. The predicted octanol–water partition coefficient (Wildman–Crippen LogP) is 0.794. The first kappa shape index (κ1) is 17.0. The van der Waals surface area contributed by atoms with Gasteiger partial charge in [0.2, 0.25) is 5.91 Å². The van der Waals surface area contributed by atoms with E-state index in [-0.39, 0.29) is 30.7 Å². The van der Waals surface area contributed by atoms with Crippen molar-refractivity contribution in [1.29, 1.82) is 0 Å². The van der Waals surface area contributed by atoms with Crippen LogP contribution in [0.2, 0.25) is 0 Å². The van der Waals surface area contributed by atoms with Gasteiger partial charge in [-0.25, -0.2) is 0 Å². The molecule has 102 valence electrons. The lowest BCUT2D eigenvalue weighted by molar-refractivity contribution is -0.124. The van der Waals surface area contributed by atoms with Crippen LogP contribution >= 0.6 is 24.8 Å². The number of nitrogens with zero attached hydrogens (tertiary/aromatic N) is 1. The van der Waals surface area contributed by atoms with Crippen LogP contribution in [-0.2, 0) is 4.79 Å². The second-order valence-corrected chi connectivity index (χ2v) is 4.56. The van der Waals surface area contributed by atoms with E-state index in [1.165, 1.54) is 32.2 Å². The smallest absolute Gasteiger partial charge is 0.234 e. The van der Waals surface area contributed by atoms with Gasteiger partial charge in [0.15, 0.2) is 0 Å². The van der Waals surface area contributed by atoms with Crippen molar-refractivity contribution in [3.8, 4) is 0 Å². The number of rotatable bonds is 3. The summed E-state index contributed by atoms with van der Waals surface area (Å²) in [5.41, 5.74) is 0. The maximum absolute atomic E-state index is 11.2. The van der Waals surface area contributed by atoms with Crippen LogP contribution in [0.1, 0.15) is 25.7 Å². The van der Waals surface area contributed by atoms with Crippen molar-refractivity contribution in [2.45, 2.75) is 31.7 Å². The van der Waals surface area contributed by atoms with Crippen molar-refractivity contribution in [2.24, 2.45) is 0 Å². The second kappa shape index (κ2) is 8.97. The first-order chi connectivity index (χ1) is 7.34. The molecule has 2 rings (SSSR count). The Morgan fingerprint density at radius 3 is 2.71 bits per heavy atom. The number of nitrogens with one attached hydrogen (secondary N) is 2. The molecule has 1 unspecified atom stereocenters. The van der Waals surface area contributed by atoms with Gasteiger partial charge in [0.25, 0.3) is 0 Å². The topological polar surface area (TPSA) is 44.4 Å². The van der Waals surface area contributed by atoms with Gasteiger partial charge in [0.05, 0.1) is 6.54 Å². The van der Waals surface area contributed by atoms with E-state index in [2.05, 4.69) is 15.5 Å². The molecule has 1 atom stereocenters. The third kappa shape index (κ3) is 5.91. The molecule has 2 aliphatic heterocycles. The van der Waals surface area contributed by atoms with Gasteiger partial charge in [0, 0.05) is 25.7 Å². The molecule has 2 N–H and O–H groups in total. The van der Waals surface area contributed by atoms with E-state index in [1.807, 2.05) is 0 Å². The fourth-order valence-corrected chi connectivity index (χ4v) is 2.39. The van der Waals surface area contributed by atoms with Gasteiger partial charge in [-0.05, 0) is 25.8 Å². The van der Waals surface area contributed by atoms with E-state index in [1.54, 1.807) is 0 Å². The van der Waals surface area contributed by atoms with Gasteiger partial charge in [-0.2, -0.15) is 0 Å². The van der Waals surface area contributed by atoms with Gasteiger partial charge in [0.1, 0.15) is 0 Å². The van der Waals surface area contributed by atoms with E-state index < -0.39 is 0 Å². The molecule has 1 amide bonds. The first-order valence-electron chi connectivity index (χ1n) is 6.07. The number of amides is 1. The Morgan fingerprint density at radius 2 is 2.06 bits per heavy atom. The van der Waals surface area contributed by atoms with E-state index in [9.17, 15) is 4.79 Å². The minimum atomic E-state index is 0. The van der Waals surface area contributed by atoms with Gasteiger partial charge in [-0.15, -0.1) is 24.8 Å². The molecule has 0 aromatic carbocycles. The molecule has 0 aromatic heterocycles. The molecular weight excluding hydrogens is 261 g/mol. The number of carbonyl (C=O) groups excluding carboxylic acids is 1. The Balaban J connectivity index is 0.00000128. The summed E-state index contributed by atoms with van der Waals surface area (Å²) in [7, 11) is 0. The summed E-state index contributed by atoms with van der Waals surface area (Å²) >= 11 is 0. The standard InChI is InChI=1S/C11H21N3O.2ClH/c15-11-9-14(8-6-13-11)7-4-10-3-1-2-5-12-10;;/h10,12H,1-9H2,(H,13,15);2*1H. The van der Waals surface area contributed by atoms with Crippen molar-refractivity contribution in [3.05, 3.63) is 0 Å². The molecule has 2 fully saturated rings. The van der Waals surface area contributed by atoms with Crippen LogP contribution in [0.4, 0.5) is 0 Å². The van der Waals surface area contributed by atoms with Gasteiger partial charge in [-0.3, -0.25) is 9.69 Å². The highest BCUT2D eigenvalue weighted by atomic mass is 35.5. The summed E-state index contributed by atoms with van der Waals surface area (Å²) in [5, 5.41) is 6.40. The lowest BCUT2D eigenvalue weighted by Gasteiger charge is -2.29. The predicted molar refractivity (Wildman–Crippen MR) is 74.2 cm³/mol. The lowest BCUT2D eigenvalue weighted by atomic mass is 10.0. The third-order valence-corrected chi connectivity index (χ3v) is 3.32. The Labute approximate surface area is 116 Å². The number of halogens is 2. The summed E-state index contributed by atoms with van der Waals surface area (Å²) in [6.45, 7) is 4.65. The molecule has 17 heavy (non-hydrogen) atoms. The zero-order valence-corrected chi connectivity index (χ0v) is 11.7. The van der Waals surface area contributed by atoms with E-state index in [0.29, 0.717) is 12.6 Å². The maximum Gasteiger partial charge on any atom is 0.234 e. The summed E-state index contributed by atoms with van der Waals surface area (Å²) in [6, 6.07) is 0.684. The Bertz CT molecular complexity index is 223. The molecule has 2 aliphatic rings. The Morgan fingerprint density at radius 1 is 1.24 bits per heavy atom. The van der Waals surface area contributed by atoms with Crippen molar-refractivity contribution in [1.82, 2.24) is 15.5 Å². The molecule has 0 spiro atoms. The molecule has 0 aliphatic carbocycles. The lowest BCUT2D eigenvalue weighted by Crippen LogP contribution is -2.49. The molecule has 6 heteroatoms. The molecule has 0 saturated carbocycles. The SMILES string of the molecule is Cl.Cl.O=C1CN(CCC2CCCCN2)CCN1. The van der Waals surface area contributed by atoms with Crippen LogP contribution < -0.4 is 10.6 Å². The molecular formula is C11H23Cl2N3O. The van der Waals surface area contributed by atoms with E-state index in [0.717, 1.165) is 19.6 Å². The number of carbonyl (C=O) groups is 1. The van der Waals surface area contributed by atoms with E-state index in [4.69, 9.17) is 0 Å². The zero-order chi connectivity index (χ0) is 10.5. The third-order valence-electron chi connectivity index (χ3n) is 3.32. The summed E-state index contributed by atoms with van der Waals surface area (Å²) < 4.78 is 0. The summed E-state index contributed by atoms with van der Waals surface area (Å²) in [4.78, 5) is 13.4. The molecule has 2 heterocycles. The minimum absolute atomic E-state index is 0. The summed E-state index contributed by atoms with van der Waals surface area (Å²) in [5.74, 6) is 0.179.